The number of H-pyrrole nitrogens is 1. The number of benzene rings is 3. The van der Waals surface area contributed by atoms with Crippen LogP contribution in [-0.2, 0) is 17.8 Å². The number of halogens is 1. The minimum atomic E-state index is -0.263. The first-order chi connectivity index (χ1) is 17.6. The first-order valence-corrected chi connectivity index (χ1v) is 12.5. The number of carbonyl (C=O) groups is 1. The average Bonchev–Trinajstić information content (AvgIpc) is 3.11. The normalized spacial score (nSPS) is 14.5. The number of aromatic nitrogens is 1. The zero-order valence-electron chi connectivity index (χ0n) is 20.2. The predicted molar refractivity (Wildman–Crippen MR) is 140 cm³/mol. The van der Waals surface area contributed by atoms with Crippen LogP contribution >= 0.6 is 0 Å². The van der Waals surface area contributed by atoms with Crippen molar-refractivity contribution in [3.8, 4) is 17.3 Å². The highest BCUT2D eigenvalue weighted by Crippen LogP contribution is 2.31. The summed E-state index contributed by atoms with van der Waals surface area (Å²) in [5.74, 6) is -0.0912. The van der Waals surface area contributed by atoms with Crippen molar-refractivity contribution in [3.63, 3.8) is 0 Å². The fourth-order valence-corrected chi connectivity index (χ4v) is 5.03. The molecule has 2 heterocycles. The predicted octanol–water partition coefficient (Wildman–Crippen LogP) is 5.51. The van der Waals surface area contributed by atoms with Gasteiger partial charge in [-0.25, -0.2) is 4.39 Å². The van der Waals surface area contributed by atoms with Gasteiger partial charge in [0, 0.05) is 55.7 Å². The van der Waals surface area contributed by atoms with E-state index in [1.165, 1.54) is 17.7 Å². The SMILES string of the molecule is N#Cc1ccc(CN2CCCN(C(=O)CCc3c(-c4ccc(F)cc4)[nH]c4ccccc34)CC2)cc1. The number of nitrogens with zero attached hydrogens (tertiary/aromatic N) is 3. The molecule has 5 nitrogen and oxygen atoms in total. The molecule has 1 aliphatic rings. The molecule has 1 saturated heterocycles. The lowest BCUT2D eigenvalue weighted by atomic mass is 10.0. The van der Waals surface area contributed by atoms with Gasteiger partial charge in [0.25, 0.3) is 0 Å². The highest BCUT2D eigenvalue weighted by molar-refractivity contribution is 5.91. The smallest absolute Gasteiger partial charge is 0.222 e. The van der Waals surface area contributed by atoms with Gasteiger partial charge in [0.05, 0.1) is 11.6 Å². The van der Waals surface area contributed by atoms with Crippen molar-refractivity contribution in [2.75, 3.05) is 26.2 Å². The number of nitriles is 1. The van der Waals surface area contributed by atoms with Crippen molar-refractivity contribution in [1.82, 2.24) is 14.8 Å². The number of amides is 1. The summed E-state index contributed by atoms with van der Waals surface area (Å²) in [6.07, 6.45) is 2.00. The Kier molecular flexibility index (Phi) is 7.11. The van der Waals surface area contributed by atoms with Gasteiger partial charge < -0.3 is 9.88 Å². The molecule has 1 aliphatic heterocycles. The number of para-hydroxylation sites is 1. The van der Waals surface area contributed by atoms with Crippen molar-refractivity contribution in [2.24, 2.45) is 0 Å². The third-order valence-corrected chi connectivity index (χ3v) is 6.97. The Bertz CT molecular complexity index is 1390. The summed E-state index contributed by atoms with van der Waals surface area (Å²) >= 11 is 0. The van der Waals surface area contributed by atoms with E-state index in [-0.39, 0.29) is 11.7 Å². The van der Waals surface area contributed by atoms with Crippen LogP contribution in [0.5, 0.6) is 0 Å². The second kappa shape index (κ2) is 10.8. The van der Waals surface area contributed by atoms with Gasteiger partial charge in [-0.05, 0) is 72.0 Å². The summed E-state index contributed by atoms with van der Waals surface area (Å²) in [6.45, 7) is 4.08. The molecule has 0 unspecified atom stereocenters. The number of hydrogen-bond acceptors (Lipinski definition) is 3. The second-order valence-corrected chi connectivity index (χ2v) is 9.35. The molecule has 0 saturated carbocycles. The average molecular weight is 481 g/mol. The zero-order valence-corrected chi connectivity index (χ0v) is 20.2. The van der Waals surface area contributed by atoms with Crippen LogP contribution in [0.25, 0.3) is 22.2 Å². The lowest BCUT2D eigenvalue weighted by Crippen LogP contribution is -2.35. The Morgan fingerprint density at radius 1 is 0.944 bits per heavy atom. The van der Waals surface area contributed by atoms with E-state index in [0.29, 0.717) is 24.9 Å². The number of aromatic amines is 1. The molecular formula is C30H29FN4O. The summed E-state index contributed by atoms with van der Waals surface area (Å²) in [5, 5.41) is 10.1. The van der Waals surface area contributed by atoms with E-state index in [0.717, 1.165) is 60.3 Å². The van der Waals surface area contributed by atoms with Crippen molar-refractivity contribution in [3.05, 3.63) is 95.3 Å². The minimum Gasteiger partial charge on any atom is -0.354 e. The van der Waals surface area contributed by atoms with Gasteiger partial charge in [0.1, 0.15) is 5.82 Å². The highest BCUT2D eigenvalue weighted by atomic mass is 19.1. The Morgan fingerprint density at radius 3 is 2.50 bits per heavy atom. The summed E-state index contributed by atoms with van der Waals surface area (Å²) in [6, 6.07) is 24.5. The fourth-order valence-electron chi connectivity index (χ4n) is 5.03. The Balaban J connectivity index is 1.24. The first-order valence-electron chi connectivity index (χ1n) is 12.5. The maximum atomic E-state index is 13.5. The van der Waals surface area contributed by atoms with E-state index in [2.05, 4.69) is 22.0 Å². The summed E-state index contributed by atoms with van der Waals surface area (Å²) in [7, 11) is 0. The molecule has 36 heavy (non-hydrogen) atoms. The van der Waals surface area contributed by atoms with Crippen LogP contribution in [0.1, 0.15) is 29.5 Å². The van der Waals surface area contributed by atoms with Crippen molar-refractivity contribution in [2.45, 2.75) is 25.8 Å². The van der Waals surface area contributed by atoms with E-state index in [4.69, 9.17) is 5.26 Å². The van der Waals surface area contributed by atoms with Crippen LogP contribution in [-0.4, -0.2) is 46.9 Å². The number of nitrogens with one attached hydrogen (secondary N) is 1. The lowest BCUT2D eigenvalue weighted by Gasteiger charge is -2.22. The molecule has 1 amide bonds. The Morgan fingerprint density at radius 2 is 1.72 bits per heavy atom. The molecule has 1 N–H and O–H groups in total. The van der Waals surface area contributed by atoms with E-state index in [1.807, 2.05) is 47.4 Å². The molecule has 3 aromatic carbocycles. The number of aryl methyl sites for hydroxylation is 1. The summed E-state index contributed by atoms with van der Waals surface area (Å²) in [4.78, 5) is 21.1. The van der Waals surface area contributed by atoms with Crippen LogP contribution in [0.2, 0.25) is 0 Å². The second-order valence-electron chi connectivity index (χ2n) is 9.35. The molecule has 6 heteroatoms. The molecule has 1 fully saturated rings. The fraction of sp³-hybridized carbons (Fsp3) is 0.267. The molecule has 0 atom stereocenters. The Labute approximate surface area is 210 Å². The van der Waals surface area contributed by atoms with Gasteiger partial charge >= 0.3 is 0 Å². The standard InChI is InChI=1S/C30H29FN4O/c31-25-12-10-24(11-13-25)30-27(26-4-1-2-5-28(26)33-30)14-15-29(36)35-17-3-16-34(18-19-35)21-23-8-6-22(20-32)7-9-23/h1-2,4-13,33H,3,14-19,21H2. The van der Waals surface area contributed by atoms with Gasteiger partial charge in [0.15, 0.2) is 0 Å². The van der Waals surface area contributed by atoms with Crippen LogP contribution < -0.4 is 0 Å². The number of hydrogen-bond donors (Lipinski definition) is 1. The topological polar surface area (TPSA) is 63.1 Å². The van der Waals surface area contributed by atoms with E-state index in [1.54, 1.807) is 12.1 Å². The molecule has 0 bridgehead atoms. The number of carbonyl (C=O) groups excluding carboxylic acids is 1. The third kappa shape index (κ3) is 5.32. The van der Waals surface area contributed by atoms with Crippen molar-refractivity contribution >= 4 is 16.8 Å². The van der Waals surface area contributed by atoms with Crippen LogP contribution in [0.4, 0.5) is 4.39 Å². The highest BCUT2D eigenvalue weighted by Gasteiger charge is 2.21. The van der Waals surface area contributed by atoms with Crippen molar-refractivity contribution in [1.29, 1.82) is 5.26 Å². The lowest BCUT2D eigenvalue weighted by molar-refractivity contribution is -0.131. The van der Waals surface area contributed by atoms with Crippen LogP contribution in [0.3, 0.4) is 0 Å². The largest absolute Gasteiger partial charge is 0.354 e. The quantitative estimate of drug-likeness (QED) is 0.396. The molecule has 5 rings (SSSR count). The van der Waals surface area contributed by atoms with E-state index >= 15 is 0 Å². The van der Waals surface area contributed by atoms with Gasteiger partial charge in [-0.15, -0.1) is 0 Å². The van der Waals surface area contributed by atoms with Gasteiger partial charge in [-0.3, -0.25) is 9.69 Å². The minimum absolute atomic E-state index is 0.172. The number of rotatable bonds is 6. The van der Waals surface area contributed by atoms with E-state index < -0.39 is 0 Å². The molecule has 0 spiro atoms. The van der Waals surface area contributed by atoms with Crippen LogP contribution in [0, 0.1) is 17.1 Å². The summed E-state index contributed by atoms with van der Waals surface area (Å²) < 4.78 is 13.5. The maximum Gasteiger partial charge on any atom is 0.222 e. The zero-order chi connectivity index (χ0) is 24.9. The van der Waals surface area contributed by atoms with E-state index in [9.17, 15) is 9.18 Å². The summed E-state index contributed by atoms with van der Waals surface area (Å²) in [5.41, 5.74) is 5.85. The molecule has 1 aromatic heterocycles. The molecule has 0 radical (unpaired) electrons. The third-order valence-electron chi connectivity index (χ3n) is 6.97. The van der Waals surface area contributed by atoms with Gasteiger partial charge in [-0.2, -0.15) is 5.26 Å². The molecule has 4 aromatic rings. The maximum absolute atomic E-state index is 13.5. The van der Waals surface area contributed by atoms with Gasteiger partial charge in [-0.1, -0.05) is 30.3 Å². The first kappa shape index (κ1) is 23.8. The van der Waals surface area contributed by atoms with Crippen LogP contribution in [0.15, 0.2) is 72.8 Å². The molecular weight excluding hydrogens is 451 g/mol. The Hall–Kier alpha value is -3.95. The number of fused-ring (bicyclic) bond motifs is 1. The van der Waals surface area contributed by atoms with Crippen molar-refractivity contribution < 1.29 is 9.18 Å². The molecule has 0 aliphatic carbocycles. The monoisotopic (exact) mass is 480 g/mol. The van der Waals surface area contributed by atoms with Gasteiger partial charge in [0.2, 0.25) is 5.91 Å². The molecule has 182 valence electrons.